The molecule has 0 bridgehead atoms. The number of ether oxygens (including phenoxy) is 1. The number of benzene rings is 2. The molecule has 1 fully saturated rings. The van der Waals surface area contributed by atoms with Gasteiger partial charge in [-0.05, 0) is 85.4 Å². The Hall–Kier alpha value is -1.85. The Morgan fingerprint density at radius 2 is 1.68 bits per heavy atom. The van der Waals surface area contributed by atoms with E-state index in [4.69, 9.17) is 4.74 Å². The molecule has 0 spiro atoms. The topological polar surface area (TPSA) is 46.6 Å². The van der Waals surface area contributed by atoms with E-state index in [2.05, 4.69) is 12.1 Å². The van der Waals surface area contributed by atoms with Gasteiger partial charge in [0.1, 0.15) is 5.75 Å². The maximum absolute atomic E-state index is 13.4. The van der Waals surface area contributed by atoms with Crippen LogP contribution in [0.5, 0.6) is 5.75 Å². The number of rotatable bonds is 4. The van der Waals surface area contributed by atoms with E-state index in [0.29, 0.717) is 18.0 Å². The third-order valence-corrected chi connectivity index (χ3v) is 8.04. The second-order valence-corrected chi connectivity index (χ2v) is 9.90. The van der Waals surface area contributed by atoms with E-state index in [1.54, 1.807) is 11.4 Å². The van der Waals surface area contributed by atoms with Crippen LogP contribution in [0, 0.1) is 0 Å². The zero-order chi connectivity index (χ0) is 19.6. The van der Waals surface area contributed by atoms with Crippen molar-refractivity contribution in [2.75, 3.05) is 20.2 Å². The zero-order valence-corrected chi connectivity index (χ0v) is 17.4. The number of fused-ring (bicyclic) bond motifs is 1. The highest BCUT2D eigenvalue weighted by Crippen LogP contribution is 2.32. The lowest BCUT2D eigenvalue weighted by atomic mass is 9.92. The van der Waals surface area contributed by atoms with Gasteiger partial charge in [0.25, 0.3) is 0 Å². The SMILES string of the molecule is COc1ccc(C2CCCCN(S(=O)(=O)c3ccc4c(c3)CCCC4)C2)cc1. The molecule has 0 amide bonds. The molecule has 4 nitrogen and oxygen atoms in total. The molecule has 0 aromatic heterocycles. The van der Waals surface area contributed by atoms with Crippen LogP contribution in [0.1, 0.15) is 54.7 Å². The molecule has 2 aliphatic rings. The minimum absolute atomic E-state index is 0.223. The van der Waals surface area contributed by atoms with Crippen LogP contribution < -0.4 is 4.74 Å². The summed E-state index contributed by atoms with van der Waals surface area (Å²) in [6, 6.07) is 13.8. The van der Waals surface area contributed by atoms with Crippen molar-refractivity contribution in [3.63, 3.8) is 0 Å². The Kier molecular flexibility index (Phi) is 5.74. The van der Waals surface area contributed by atoms with Gasteiger partial charge in [0, 0.05) is 13.1 Å². The molecule has 2 aromatic rings. The molecule has 0 N–H and O–H groups in total. The third kappa shape index (κ3) is 3.96. The van der Waals surface area contributed by atoms with E-state index < -0.39 is 10.0 Å². The Labute approximate surface area is 168 Å². The standard InChI is InChI=1S/C23H29NO3S/c1-27-22-12-9-19(10-13-22)21-8-4-5-15-24(17-21)28(25,26)23-14-11-18-6-2-3-7-20(18)16-23/h9-14,16,21H,2-8,15,17H2,1H3. The van der Waals surface area contributed by atoms with Gasteiger partial charge in [-0.2, -0.15) is 4.31 Å². The predicted molar refractivity (Wildman–Crippen MR) is 111 cm³/mol. The summed E-state index contributed by atoms with van der Waals surface area (Å²) in [6.45, 7) is 1.15. The molecule has 28 heavy (non-hydrogen) atoms. The van der Waals surface area contributed by atoms with Crippen LogP contribution in [0.2, 0.25) is 0 Å². The van der Waals surface area contributed by atoms with Gasteiger partial charge < -0.3 is 4.74 Å². The van der Waals surface area contributed by atoms with Crippen LogP contribution in [0.4, 0.5) is 0 Å². The van der Waals surface area contributed by atoms with Crippen molar-refractivity contribution in [2.45, 2.75) is 55.8 Å². The molecule has 1 saturated heterocycles. The van der Waals surface area contributed by atoms with E-state index in [9.17, 15) is 8.42 Å². The molecule has 1 unspecified atom stereocenters. The third-order valence-electron chi connectivity index (χ3n) is 6.18. The summed E-state index contributed by atoms with van der Waals surface area (Å²) in [6.07, 6.45) is 7.40. The molecule has 4 rings (SSSR count). The molecule has 0 saturated carbocycles. The molecule has 5 heteroatoms. The Bertz CT molecular complexity index is 921. The number of hydrogen-bond acceptors (Lipinski definition) is 3. The number of methoxy groups -OCH3 is 1. The Morgan fingerprint density at radius 3 is 2.43 bits per heavy atom. The second kappa shape index (κ2) is 8.26. The number of aryl methyl sites for hydroxylation is 2. The smallest absolute Gasteiger partial charge is 0.243 e. The summed E-state index contributed by atoms with van der Waals surface area (Å²) in [5.41, 5.74) is 3.72. The summed E-state index contributed by atoms with van der Waals surface area (Å²) in [7, 11) is -1.80. The van der Waals surface area contributed by atoms with E-state index in [1.807, 2.05) is 30.3 Å². The van der Waals surface area contributed by atoms with Crippen LogP contribution in [-0.4, -0.2) is 32.9 Å². The van der Waals surface area contributed by atoms with Gasteiger partial charge in [-0.1, -0.05) is 24.6 Å². The van der Waals surface area contributed by atoms with Crippen LogP contribution >= 0.6 is 0 Å². The summed E-state index contributed by atoms with van der Waals surface area (Å²) in [5, 5.41) is 0. The van der Waals surface area contributed by atoms with Gasteiger partial charge in [-0.15, -0.1) is 0 Å². The quantitative estimate of drug-likeness (QED) is 0.759. The highest BCUT2D eigenvalue weighted by molar-refractivity contribution is 7.89. The molecule has 2 aromatic carbocycles. The first-order valence-electron chi connectivity index (χ1n) is 10.3. The minimum atomic E-state index is -3.46. The van der Waals surface area contributed by atoms with Gasteiger partial charge in [-0.3, -0.25) is 0 Å². The van der Waals surface area contributed by atoms with E-state index in [-0.39, 0.29) is 5.92 Å². The van der Waals surface area contributed by atoms with E-state index in [0.717, 1.165) is 44.3 Å². The maximum atomic E-state index is 13.4. The first kappa shape index (κ1) is 19.5. The van der Waals surface area contributed by atoms with Crippen molar-refractivity contribution in [1.82, 2.24) is 4.31 Å². The van der Waals surface area contributed by atoms with Gasteiger partial charge in [0.15, 0.2) is 0 Å². The highest BCUT2D eigenvalue weighted by Gasteiger charge is 2.30. The molecule has 1 atom stereocenters. The molecule has 1 aliphatic carbocycles. The fourth-order valence-electron chi connectivity index (χ4n) is 4.49. The fraction of sp³-hybridized carbons (Fsp3) is 0.478. The van der Waals surface area contributed by atoms with Crippen LogP contribution in [0.15, 0.2) is 47.4 Å². The van der Waals surface area contributed by atoms with Crippen molar-refractivity contribution >= 4 is 10.0 Å². The number of hydrogen-bond donors (Lipinski definition) is 0. The number of sulfonamides is 1. The van der Waals surface area contributed by atoms with Crippen molar-refractivity contribution in [3.8, 4) is 5.75 Å². The van der Waals surface area contributed by atoms with Crippen LogP contribution in [0.25, 0.3) is 0 Å². The van der Waals surface area contributed by atoms with E-state index >= 15 is 0 Å². The zero-order valence-electron chi connectivity index (χ0n) is 16.6. The fourth-order valence-corrected chi connectivity index (χ4v) is 6.07. The predicted octanol–water partition coefficient (Wildman–Crippen LogP) is 4.53. The van der Waals surface area contributed by atoms with Gasteiger partial charge in [0.05, 0.1) is 12.0 Å². The molecule has 1 aliphatic heterocycles. The van der Waals surface area contributed by atoms with Crippen molar-refractivity contribution in [2.24, 2.45) is 0 Å². The minimum Gasteiger partial charge on any atom is -0.497 e. The molecule has 1 heterocycles. The van der Waals surface area contributed by atoms with Gasteiger partial charge in [0.2, 0.25) is 10.0 Å². The number of nitrogens with zero attached hydrogens (tertiary/aromatic N) is 1. The second-order valence-electron chi connectivity index (χ2n) is 7.97. The molecular weight excluding hydrogens is 370 g/mol. The van der Waals surface area contributed by atoms with Gasteiger partial charge in [-0.25, -0.2) is 8.42 Å². The average molecular weight is 400 g/mol. The monoisotopic (exact) mass is 399 g/mol. The highest BCUT2D eigenvalue weighted by atomic mass is 32.2. The molecular formula is C23H29NO3S. The molecule has 0 radical (unpaired) electrons. The maximum Gasteiger partial charge on any atom is 0.243 e. The summed E-state index contributed by atoms with van der Waals surface area (Å²) >= 11 is 0. The lowest BCUT2D eigenvalue weighted by molar-refractivity contribution is 0.404. The van der Waals surface area contributed by atoms with Crippen LogP contribution in [-0.2, 0) is 22.9 Å². The first-order valence-corrected chi connectivity index (χ1v) is 11.8. The van der Waals surface area contributed by atoms with E-state index in [1.165, 1.54) is 23.1 Å². The lowest BCUT2D eigenvalue weighted by Gasteiger charge is -2.25. The largest absolute Gasteiger partial charge is 0.497 e. The van der Waals surface area contributed by atoms with Gasteiger partial charge >= 0.3 is 0 Å². The van der Waals surface area contributed by atoms with Crippen molar-refractivity contribution < 1.29 is 13.2 Å². The van der Waals surface area contributed by atoms with Crippen molar-refractivity contribution in [3.05, 3.63) is 59.2 Å². The molecule has 150 valence electrons. The lowest BCUT2D eigenvalue weighted by Crippen LogP contribution is -2.34. The summed E-state index contributed by atoms with van der Waals surface area (Å²) in [4.78, 5) is 0.462. The summed E-state index contributed by atoms with van der Waals surface area (Å²) in [5.74, 6) is 1.05. The van der Waals surface area contributed by atoms with Crippen molar-refractivity contribution in [1.29, 1.82) is 0 Å². The normalized spacial score (nSPS) is 21.0. The van der Waals surface area contributed by atoms with Crippen LogP contribution in [0.3, 0.4) is 0 Å². The first-order chi connectivity index (χ1) is 13.6. The Morgan fingerprint density at radius 1 is 0.929 bits per heavy atom. The average Bonchev–Trinajstić information content (AvgIpc) is 3.00. The Balaban J connectivity index is 1.59. The summed E-state index contributed by atoms with van der Waals surface area (Å²) < 4.78 is 33.8.